The molecule has 2 aliphatic heterocycles. The Bertz CT molecular complexity index is 879. The van der Waals surface area contributed by atoms with Crippen molar-refractivity contribution in [2.75, 3.05) is 16.8 Å². The van der Waals surface area contributed by atoms with Crippen LogP contribution in [0.15, 0.2) is 24.3 Å². The molecular formula is C21H28N4O4. The van der Waals surface area contributed by atoms with Gasteiger partial charge in [-0.05, 0) is 51.7 Å². The molecule has 2 N–H and O–H groups in total. The average molecular weight is 400 g/mol. The van der Waals surface area contributed by atoms with Gasteiger partial charge in [-0.25, -0.2) is 4.79 Å². The lowest BCUT2D eigenvalue weighted by molar-refractivity contribution is -0.134. The SMILES string of the molecule is CC(C)CC[C@]1(C)NC(=O)N(CC(=O)N2c3ccccc3NC(=O)C2(C)C)C1=O. The highest BCUT2D eigenvalue weighted by atomic mass is 16.2. The minimum absolute atomic E-state index is 0.330. The first-order valence-corrected chi connectivity index (χ1v) is 9.85. The lowest BCUT2D eigenvalue weighted by atomic mass is 9.92. The van der Waals surface area contributed by atoms with Crippen LogP contribution in [0.1, 0.15) is 47.5 Å². The fraction of sp³-hybridized carbons (Fsp3) is 0.524. The molecule has 156 valence electrons. The molecule has 0 aromatic heterocycles. The van der Waals surface area contributed by atoms with E-state index in [2.05, 4.69) is 10.6 Å². The number of hydrogen-bond acceptors (Lipinski definition) is 4. The maximum Gasteiger partial charge on any atom is 0.325 e. The van der Waals surface area contributed by atoms with Gasteiger partial charge in [0.05, 0.1) is 11.4 Å². The van der Waals surface area contributed by atoms with Crippen LogP contribution in [0.2, 0.25) is 0 Å². The molecule has 1 aromatic carbocycles. The predicted octanol–water partition coefficient (Wildman–Crippen LogP) is 2.50. The van der Waals surface area contributed by atoms with Crippen LogP contribution >= 0.6 is 0 Å². The standard InChI is InChI=1S/C21H28N4O4/c1-13(2)10-11-21(5)18(28)24(19(29)23-21)12-16(26)25-15-9-7-6-8-14(15)22-17(27)20(25,3)4/h6-9,13H,10-12H2,1-5H3,(H,22,27)(H,23,29)/t21-/m0/s1. The molecule has 8 heteroatoms. The Morgan fingerprint density at radius 3 is 2.41 bits per heavy atom. The summed E-state index contributed by atoms with van der Waals surface area (Å²) in [4.78, 5) is 53.5. The van der Waals surface area contributed by atoms with E-state index in [1.165, 1.54) is 4.90 Å². The van der Waals surface area contributed by atoms with Crippen LogP contribution in [-0.4, -0.2) is 46.3 Å². The highest BCUT2D eigenvalue weighted by Gasteiger charge is 2.50. The van der Waals surface area contributed by atoms with Crippen LogP contribution in [-0.2, 0) is 14.4 Å². The summed E-state index contributed by atoms with van der Waals surface area (Å²) < 4.78 is 0. The number of fused-ring (bicyclic) bond motifs is 1. The molecule has 1 aromatic rings. The van der Waals surface area contributed by atoms with Gasteiger partial charge in [0, 0.05) is 0 Å². The summed E-state index contributed by atoms with van der Waals surface area (Å²) in [5.74, 6) is -0.849. The second kappa shape index (κ2) is 7.17. The van der Waals surface area contributed by atoms with E-state index in [9.17, 15) is 19.2 Å². The lowest BCUT2D eigenvalue weighted by Gasteiger charge is -2.42. The third-order valence-electron chi connectivity index (χ3n) is 5.62. The van der Waals surface area contributed by atoms with E-state index in [1.54, 1.807) is 45.0 Å². The normalized spacial score (nSPS) is 23.2. The second-order valence-electron chi connectivity index (χ2n) is 8.85. The van der Waals surface area contributed by atoms with Crippen molar-refractivity contribution in [1.82, 2.24) is 10.2 Å². The van der Waals surface area contributed by atoms with E-state index >= 15 is 0 Å². The topological polar surface area (TPSA) is 98.8 Å². The van der Waals surface area contributed by atoms with E-state index in [0.29, 0.717) is 23.7 Å². The monoisotopic (exact) mass is 400 g/mol. The number of rotatable bonds is 5. The number of para-hydroxylation sites is 2. The zero-order chi connectivity index (χ0) is 21.6. The highest BCUT2D eigenvalue weighted by Crippen LogP contribution is 2.37. The third-order valence-corrected chi connectivity index (χ3v) is 5.62. The smallest absolute Gasteiger partial charge is 0.323 e. The molecule has 0 unspecified atom stereocenters. The number of hydrogen-bond donors (Lipinski definition) is 2. The number of carbonyl (C=O) groups excluding carboxylic acids is 4. The zero-order valence-electron chi connectivity index (χ0n) is 17.5. The molecule has 0 bridgehead atoms. The lowest BCUT2D eigenvalue weighted by Crippen LogP contribution is -2.60. The fourth-order valence-corrected chi connectivity index (χ4v) is 3.74. The van der Waals surface area contributed by atoms with Crippen LogP contribution in [0.5, 0.6) is 0 Å². The fourth-order valence-electron chi connectivity index (χ4n) is 3.74. The third kappa shape index (κ3) is 3.59. The van der Waals surface area contributed by atoms with E-state index < -0.39 is 35.5 Å². The summed E-state index contributed by atoms with van der Waals surface area (Å²) in [6.45, 7) is 8.63. The molecule has 5 amide bonds. The van der Waals surface area contributed by atoms with Gasteiger partial charge in [0.15, 0.2) is 0 Å². The molecule has 2 aliphatic rings. The maximum absolute atomic E-state index is 13.2. The minimum Gasteiger partial charge on any atom is -0.323 e. The maximum atomic E-state index is 13.2. The number of anilines is 2. The van der Waals surface area contributed by atoms with Crippen molar-refractivity contribution in [2.45, 2.75) is 58.5 Å². The van der Waals surface area contributed by atoms with Crippen molar-refractivity contribution in [2.24, 2.45) is 5.92 Å². The first-order chi connectivity index (χ1) is 13.5. The Hall–Kier alpha value is -2.90. The van der Waals surface area contributed by atoms with Crippen LogP contribution < -0.4 is 15.5 Å². The molecule has 3 rings (SSSR count). The largest absolute Gasteiger partial charge is 0.325 e. The summed E-state index contributed by atoms with van der Waals surface area (Å²) in [6, 6.07) is 6.38. The van der Waals surface area contributed by atoms with Crippen molar-refractivity contribution < 1.29 is 19.2 Å². The van der Waals surface area contributed by atoms with Crippen molar-refractivity contribution >= 4 is 35.1 Å². The molecule has 0 saturated carbocycles. The van der Waals surface area contributed by atoms with Gasteiger partial charge < -0.3 is 10.6 Å². The Balaban J connectivity index is 1.85. The summed E-state index contributed by atoms with van der Waals surface area (Å²) in [6.07, 6.45) is 1.28. The van der Waals surface area contributed by atoms with E-state index in [-0.39, 0.29) is 5.91 Å². The molecule has 2 heterocycles. The first kappa shape index (κ1) is 20.8. The van der Waals surface area contributed by atoms with Crippen molar-refractivity contribution in [3.8, 4) is 0 Å². The number of benzene rings is 1. The molecule has 1 fully saturated rings. The second-order valence-corrected chi connectivity index (χ2v) is 8.85. The van der Waals surface area contributed by atoms with Gasteiger partial charge in [-0.15, -0.1) is 0 Å². The Labute approximate surface area is 170 Å². The summed E-state index contributed by atoms with van der Waals surface area (Å²) in [5, 5.41) is 5.52. The molecule has 0 spiro atoms. The number of nitrogens with one attached hydrogen (secondary N) is 2. The highest BCUT2D eigenvalue weighted by molar-refractivity contribution is 6.16. The van der Waals surface area contributed by atoms with Crippen LogP contribution in [0.25, 0.3) is 0 Å². The van der Waals surface area contributed by atoms with Gasteiger partial charge >= 0.3 is 6.03 Å². The van der Waals surface area contributed by atoms with Crippen LogP contribution in [0.3, 0.4) is 0 Å². The summed E-state index contributed by atoms with van der Waals surface area (Å²) >= 11 is 0. The molecule has 1 saturated heterocycles. The zero-order valence-corrected chi connectivity index (χ0v) is 17.5. The van der Waals surface area contributed by atoms with Gasteiger partial charge in [-0.3, -0.25) is 24.2 Å². The van der Waals surface area contributed by atoms with Gasteiger partial charge in [-0.2, -0.15) is 0 Å². The van der Waals surface area contributed by atoms with Crippen molar-refractivity contribution in [3.05, 3.63) is 24.3 Å². The van der Waals surface area contributed by atoms with E-state index in [0.717, 1.165) is 11.3 Å². The van der Waals surface area contributed by atoms with Gasteiger partial charge in [0.2, 0.25) is 11.8 Å². The Morgan fingerprint density at radius 2 is 1.76 bits per heavy atom. The Morgan fingerprint density at radius 1 is 1.10 bits per heavy atom. The molecule has 0 radical (unpaired) electrons. The van der Waals surface area contributed by atoms with Gasteiger partial charge in [0.25, 0.3) is 5.91 Å². The first-order valence-electron chi connectivity index (χ1n) is 9.85. The minimum atomic E-state index is -1.16. The molecule has 1 atom stereocenters. The molecular weight excluding hydrogens is 372 g/mol. The van der Waals surface area contributed by atoms with Crippen LogP contribution in [0, 0.1) is 5.92 Å². The van der Waals surface area contributed by atoms with Crippen LogP contribution in [0.4, 0.5) is 16.2 Å². The van der Waals surface area contributed by atoms with Crippen molar-refractivity contribution in [1.29, 1.82) is 0 Å². The number of nitrogens with zero attached hydrogens (tertiary/aromatic N) is 2. The average Bonchev–Trinajstić information content (AvgIpc) is 2.84. The summed E-state index contributed by atoms with van der Waals surface area (Å²) in [7, 11) is 0. The molecule has 0 aliphatic carbocycles. The van der Waals surface area contributed by atoms with E-state index in [4.69, 9.17) is 0 Å². The van der Waals surface area contributed by atoms with Gasteiger partial charge in [0.1, 0.15) is 17.6 Å². The summed E-state index contributed by atoms with van der Waals surface area (Å²) in [5.41, 5.74) is -1.12. The number of carbonyl (C=O) groups is 4. The number of imide groups is 1. The number of urea groups is 1. The molecule has 29 heavy (non-hydrogen) atoms. The molecule has 8 nitrogen and oxygen atoms in total. The Kier molecular flexibility index (Phi) is 5.15. The number of amides is 5. The van der Waals surface area contributed by atoms with Crippen molar-refractivity contribution in [3.63, 3.8) is 0 Å². The van der Waals surface area contributed by atoms with Gasteiger partial charge in [-0.1, -0.05) is 26.0 Å². The quantitative estimate of drug-likeness (QED) is 0.742. The van der Waals surface area contributed by atoms with E-state index in [1.807, 2.05) is 13.8 Å². The predicted molar refractivity (Wildman–Crippen MR) is 109 cm³/mol.